The van der Waals surface area contributed by atoms with Crippen molar-refractivity contribution in [1.82, 2.24) is 0 Å². The molecule has 3 heteroatoms. The number of ether oxygens (including phenoxy) is 1. The lowest BCUT2D eigenvalue weighted by atomic mass is 9.42. The Morgan fingerprint density at radius 3 is 1.96 bits per heavy atom. The van der Waals surface area contributed by atoms with Gasteiger partial charge in [-0.15, -0.1) is 0 Å². The summed E-state index contributed by atoms with van der Waals surface area (Å²) >= 11 is 0. The first-order valence-electron chi connectivity index (χ1n) is 19.5. The predicted molar refractivity (Wildman–Crippen MR) is 208 cm³/mol. The molecule has 12 rings (SSSR count). The lowest BCUT2D eigenvalue weighted by Gasteiger charge is -2.63. The fourth-order valence-electron chi connectivity index (χ4n) is 12.1. The zero-order chi connectivity index (χ0) is 34.3. The average Bonchev–Trinajstić information content (AvgIpc) is 3.51. The summed E-state index contributed by atoms with van der Waals surface area (Å²) in [5, 5.41) is 2.31. The number of fused-ring (bicyclic) bond motifs is 6. The second kappa shape index (κ2) is 10.3. The molecule has 1 aliphatic heterocycles. The van der Waals surface area contributed by atoms with Gasteiger partial charge >= 0.3 is 0 Å². The van der Waals surface area contributed by atoms with E-state index in [1.165, 1.54) is 78.6 Å². The SMILES string of the molecule is CC1(C)CCC(C)(C)c2cc(N(c3ccc4c(c3)C3(c5ccccc5O4)C4CC5CC(C4)CC3C5)c3cccc4c3oc3ccccc34)ccc21. The molecule has 1 spiro atoms. The first kappa shape index (κ1) is 30.2. The Hall–Kier alpha value is -4.50. The van der Waals surface area contributed by atoms with Gasteiger partial charge in [0, 0.05) is 38.7 Å². The second-order valence-electron chi connectivity index (χ2n) is 18.0. The van der Waals surface area contributed by atoms with Gasteiger partial charge < -0.3 is 14.1 Å². The number of para-hydroxylation sites is 3. The molecule has 4 fully saturated rings. The molecule has 3 nitrogen and oxygen atoms in total. The van der Waals surface area contributed by atoms with Crippen LogP contribution in [-0.4, -0.2) is 0 Å². The predicted octanol–water partition coefficient (Wildman–Crippen LogP) is 13.3. The van der Waals surface area contributed by atoms with Crippen molar-refractivity contribution < 1.29 is 9.15 Å². The van der Waals surface area contributed by atoms with Gasteiger partial charge in [-0.1, -0.05) is 82.3 Å². The van der Waals surface area contributed by atoms with E-state index in [1.807, 2.05) is 0 Å². The smallest absolute Gasteiger partial charge is 0.159 e. The zero-order valence-corrected chi connectivity index (χ0v) is 30.3. The molecule has 256 valence electrons. The summed E-state index contributed by atoms with van der Waals surface area (Å²) in [5.41, 5.74) is 11.3. The maximum absolute atomic E-state index is 6.85. The Balaban J connectivity index is 1.17. The van der Waals surface area contributed by atoms with Crippen LogP contribution < -0.4 is 9.64 Å². The van der Waals surface area contributed by atoms with E-state index in [9.17, 15) is 0 Å². The van der Waals surface area contributed by atoms with E-state index < -0.39 is 0 Å². The lowest BCUT2D eigenvalue weighted by Crippen LogP contribution is -2.57. The average molecular weight is 670 g/mol. The monoisotopic (exact) mass is 669 g/mol. The minimum absolute atomic E-state index is 0.0213. The van der Waals surface area contributed by atoms with Crippen LogP contribution in [-0.2, 0) is 16.2 Å². The van der Waals surface area contributed by atoms with Crippen LogP contribution in [0.1, 0.15) is 94.9 Å². The van der Waals surface area contributed by atoms with Gasteiger partial charge in [0.15, 0.2) is 5.58 Å². The van der Waals surface area contributed by atoms with E-state index in [2.05, 4.69) is 136 Å². The van der Waals surface area contributed by atoms with Gasteiger partial charge in [-0.25, -0.2) is 0 Å². The summed E-state index contributed by atoms with van der Waals surface area (Å²) in [6.07, 6.45) is 9.16. The lowest BCUT2D eigenvalue weighted by molar-refractivity contribution is -0.0452. The molecule has 2 heterocycles. The van der Waals surface area contributed by atoms with E-state index in [-0.39, 0.29) is 16.2 Å². The van der Waals surface area contributed by atoms with Gasteiger partial charge in [-0.05, 0) is 139 Å². The van der Waals surface area contributed by atoms with E-state index in [1.54, 1.807) is 0 Å². The van der Waals surface area contributed by atoms with Gasteiger partial charge in [-0.3, -0.25) is 0 Å². The topological polar surface area (TPSA) is 25.6 Å². The molecule has 0 unspecified atom stereocenters. The van der Waals surface area contributed by atoms with E-state index in [0.29, 0.717) is 11.8 Å². The molecule has 0 amide bonds. The van der Waals surface area contributed by atoms with Crippen molar-refractivity contribution in [2.45, 2.75) is 88.9 Å². The van der Waals surface area contributed by atoms with E-state index in [4.69, 9.17) is 9.15 Å². The van der Waals surface area contributed by atoms with Crippen LogP contribution in [0, 0.1) is 23.7 Å². The van der Waals surface area contributed by atoms with Crippen LogP contribution >= 0.6 is 0 Å². The van der Waals surface area contributed by atoms with Gasteiger partial charge in [-0.2, -0.15) is 0 Å². The molecule has 4 bridgehead atoms. The summed E-state index contributed by atoms with van der Waals surface area (Å²) in [6.45, 7) is 9.69. The quantitative estimate of drug-likeness (QED) is 0.188. The van der Waals surface area contributed by atoms with Crippen molar-refractivity contribution in [3.63, 3.8) is 0 Å². The fourth-order valence-corrected chi connectivity index (χ4v) is 12.1. The Morgan fingerprint density at radius 1 is 0.549 bits per heavy atom. The summed E-state index contributed by atoms with van der Waals surface area (Å²) in [5.74, 6) is 5.16. The van der Waals surface area contributed by atoms with Gasteiger partial charge in [0.05, 0.1) is 5.69 Å². The van der Waals surface area contributed by atoms with Gasteiger partial charge in [0.25, 0.3) is 0 Å². The fraction of sp³-hybridized carbons (Fsp3) is 0.375. The molecule has 6 aliphatic rings. The largest absolute Gasteiger partial charge is 0.457 e. The molecule has 5 aromatic carbocycles. The van der Waals surface area contributed by atoms with Crippen molar-refractivity contribution in [2.24, 2.45) is 23.7 Å². The van der Waals surface area contributed by atoms with Crippen molar-refractivity contribution >= 4 is 39.0 Å². The third-order valence-electron chi connectivity index (χ3n) is 14.4. The molecule has 1 aromatic heterocycles. The van der Waals surface area contributed by atoms with Crippen LogP contribution in [0.25, 0.3) is 21.9 Å². The number of furan rings is 1. The van der Waals surface area contributed by atoms with Crippen molar-refractivity contribution in [1.29, 1.82) is 0 Å². The molecular weight excluding hydrogens is 623 g/mol. The number of rotatable bonds is 3. The highest BCUT2D eigenvalue weighted by Crippen LogP contribution is 2.69. The minimum Gasteiger partial charge on any atom is -0.457 e. The Kier molecular flexibility index (Phi) is 6.09. The van der Waals surface area contributed by atoms with Crippen LogP contribution in [0.15, 0.2) is 108 Å². The molecule has 51 heavy (non-hydrogen) atoms. The molecule has 0 N–H and O–H groups in total. The number of hydrogen-bond donors (Lipinski definition) is 0. The van der Waals surface area contributed by atoms with Crippen molar-refractivity contribution in [3.8, 4) is 11.5 Å². The maximum Gasteiger partial charge on any atom is 0.159 e. The Bertz CT molecular complexity index is 2360. The van der Waals surface area contributed by atoms with Crippen LogP contribution in [0.5, 0.6) is 11.5 Å². The van der Waals surface area contributed by atoms with Crippen LogP contribution in [0.4, 0.5) is 17.1 Å². The molecular formula is C48H47NO2. The number of anilines is 3. The standard InChI is InChI=1S/C48H47NO2/c1-46(2)20-21-47(3,4)39-27-33(16-18-37(39)46)49(41-13-9-11-36-35-10-5-7-14-42(35)51-45(36)41)34-17-19-44-40(28-34)48(38-12-6-8-15-43(38)50-44)31-23-29-22-30(25-31)26-32(48)24-29/h5-19,27-32H,20-26H2,1-4H3. The normalized spacial score (nSPS) is 27.6. The van der Waals surface area contributed by atoms with Gasteiger partial charge in [0.1, 0.15) is 17.1 Å². The number of nitrogens with zero attached hydrogens (tertiary/aromatic N) is 1. The summed E-state index contributed by atoms with van der Waals surface area (Å²) in [6, 6.07) is 38.5. The van der Waals surface area contributed by atoms with Crippen LogP contribution in [0.3, 0.4) is 0 Å². The van der Waals surface area contributed by atoms with E-state index in [0.717, 1.165) is 51.0 Å². The van der Waals surface area contributed by atoms with Crippen LogP contribution in [0.2, 0.25) is 0 Å². The summed E-state index contributed by atoms with van der Waals surface area (Å²) < 4.78 is 13.6. The number of benzene rings is 5. The summed E-state index contributed by atoms with van der Waals surface area (Å²) in [7, 11) is 0. The number of hydrogen-bond acceptors (Lipinski definition) is 3. The molecule has 6 aromatic rings. The maximum atomic E-state index is 6.85. The molecule has 5 aliphatic carbocycles. The first-order chi connectivity index (χ1) is 24.7. The summed E-state index contributed by atoms with van der Waals surface area (Å²) in [4.78, 5) is 2.49. The third kappa shape index (κ3) is 4.12. The Labute approximate surface area is 301 Å². The van der Waals surface area contributed by atoms with E-state index >= 15 is 0 Å². The van der Waals surface area contributed by atoms with Crippen molar-refractivity contribution in [3.05, 3.63) is 125 Å². The Morgan fingerprint density at radius 2 is 1.18 bits per heavy atom. The highest BCUT2D eigenvalue weighted by molar-refractivity contribution is 6.10. The molecule has 0 radical (unpaired) electrons. The molecule has 0 saturated heterocycles. The minimum atomic E-state index is -0.0213. The molecule has 0 atom stereocenters. The highest BCUT2D eigenvalue weighted by atomic mass is 16.5. The third-order valence-corrected chi connectivity index (χ3v) is 14.4. The highest BCUT2D eigenvalue weighted by Gasteiger charge is 2.61. The second-order valence-corrected chi connectivity index (χ2v) is 18.0. The van der Waals surface area contributed by atoms with Gasteiger partial charge in [0.2, 0.25) is 0 Å². The van der Waals surface area contributed by atoms with Crippen molar-refractivity contribution in [2.75, 3.05) is 4.90 Å². The first-order valence-corrected chi connectivity index (χ1v) is 19.5. The zero-order valence-electron chi connectivity index (χ0n) is 30.3. The molecule has 4 saturated carbocycles.